The van der Waals surface area contributed by atoms with Gasteiger partial charge in [-0.3, -0.25) is 0 Å². The molecule has 1 N–H and O–H groups in total. The second-order valence-electron chi connectivity index (χ2n) is 6.74. The van der Waals surface area contributed by atoms with Crippen LogP contribution in [0.25, 0.3) is 0 Å². The molecular weight excluding hydrogens is 298 g/mol. The summed E-state index contributed by atoms with van der Waals surface area (Å²) in [6.07, 6.45) is 5.37. The lowest BCUT2D eigenvalue weighted by molar-refractivity contribution is 0.0527. The van der Waals surface area contributed by atoms with Crippen molar-refractivity contribution in [3.05, 3.63) is 21.4 Å². The number of hydrogen-bond acceptors (Lipinski definition) is 4. The van der Waals surface area contributed by atoms with Gasteiger partial charge in [-0.15, -0.1) is 11.3 Å². The monoisotopic (exact) mass is 325 g/mol. The fourth-order valence-corrected chi connectivity index (χ4v) is 4.01. The number of methoxy groups -OCH3 is 1. The van der Waals surface area contributed by atoms with Crippen molar-refractivity contribution in [2.45, 2.75) is 64.6 Å². The molecule has 0 saturated heterocycles. The third kappa shape index (κ3) is 4.99. The van der Waals surface area contributed by atoms with E-state index in [4.69, 9.17) is 9.47 Å². The molecule has 1 aromatic heterocycles. The molecule has 0 bridgehead atoms. The maximum atomic E-state index is 11.6. The average molecular weight is 325 g/mol. The van der Waals surface area contributed by atoms with Crippen LogP contribution in [0.4, 0.5) is 4.79 Å². The topological polar surface area (TPSA) is 47.6 Å². The van der Waals surface area contributed by atoms with E-state index in [9.17, 15) is 4.79 Å². The molecule has 2 rings (SSSR count). The van der Waals surface area contributed by atoms with E-state index in [0.717, 1.165) is 19.3 Å². The highest BCUT2D eigenvalue weighted by atomic mass is 32.1. The van der Waals surface area contributed by atoms with Crippen molar-refractivity contribution in [2.24, 2.45) is 0 Å². The predicted molar refractivity (Wildman–Crippen MR) is 89.6 cm³/mol. The Morgan fingerprint density at radius 2 is 2.23 bits per heavy atom. The van der Waals surface area contributed by atoms with Gasteiger partial charge in [0.15, 0.2) is 0 Å². The molecule has 124 valence electrons. The number of rotatable bonds is 5. The molecule has 1 heterocycles. The molecule has 0 saturated carbocycles. The molecular formula is C17H27NO3S. The van der Waals surface area contributed by atoms with Gasteiger partial charge in [0, 0.05) is 23.4 Å². The molecule has 1 unspecified atom stereocenters. The number of hydrogen-bond donors (Lipinski definition) is 1. The molecule has 1 aromatic rings. The summed E-state index contributed by atoms with van der Waals surface area (Å²) in [6, 6.07) is 2.29. The molecule has 1 amide bonds. The van der Waals surface area contributed by atoms with Gasteiger partial charge in [-0.2, -0.15) is 0 Å². The van der Waals surface area contributed by atoms with Crippen LogP contribution < -0.4 is 5.32 Å². The van der Waals surface area contributed by atoms with E-state index in [1.807, 2.05) is 32.1 Å². The standard InChI is InChI=1S/C17H27NO3S/c1-17(2,3)21-16(19)18-10-6-7-12-11-13-14(20-4)8-5-9-15(13)22-12/h11,14H,5-10H2,1-4H3,(H,18,19). The summed E-state index contributed by atoms with van der Waals surface area (Å²) in [5, 5.41) is 2.81. The summed E-state index contributed by atoms with van der Waals surface area (Å²) < 4.78 is 10.8. The Labute approximate surface area is 137 Å². The van der Waals surface area contributed by atoms with Crippen LogP contribution in [-0.4, -0.2) is 25.3 Å². The largest absolute Gasteiger partial charge is 0.444 e. The smallest absolute Gasteiger partial charge is 0.407 e. The number of amides is 1. The first kappa shape index (κ1) is 17.3. The maximum absolute atomic E-state index is 11.6. The van der Waals surface area contributed by atoms with Gasteiger partial charge in [-0.25, -0.2) is 4.79 Å². The van der Waals surface area contributed by atoms with E-state index < -0.39 is 5.60 Å². The van der Waals surface area contributed by atoms with Crippen LogP contribution in [-0.2, 0) is 22.3 Å². The predicted octanol–water partition coefficient (Wildman–Crippen LogP) is 4.23. The molecule has 0 radical (unpaired) electrons. The van der Waals surface area contributed by atoms with E-state index in [0.29, 0.717) is 6.54 Å². The summed E-state index contributed by atoms with van der Waals surface area (Å²) in [5.74, 6) is 0. The van der Waals surface area contributed by atoms with Gasteiger partial charge < -0.3 is 14.8 Å². The van der Waals surface area contributed by atoms with Crippen molar-refractivity contribution in [1.82, 2.24) is 5.32 Å². The van der Waals surface area contributed by atoms with Crippen molar-refractivity contribution in [3.8, 4) is 0 Å². The second kappa shape index (κ2) is 7.47. The van der Waals surface area contributed by atoms with Gasteiger partial charge >= 0.3 is 6.09 Å². The molecule has 0 fully saturated rings. The molecule has 1 aliphatic carbocycles. The molecule has 0 aromatic carbocycles. The number of thiophene rings is 1. The summed E-state index contributed by atoms with van der Waals surface area (Å²) in [4.78, 5) is 14.4. The lowest BCUT2D eigenvalue weighted by Gasteiger charge is -2.20. The van der Waals surface area contributed by atoms with Crippen molar-refractivity contribution in [2.75, 3.05) is 13.7 Å². The first-order valence-electron chi connectivity index (χ1n) is 8.00. The fraction of sp³-hybridized carbons (Fsp3) is 0.706. The number of ether oxygens (including phenoxy) is 2. The van der Waals surface area contributed by atoms with E-state index in [-0.39, 0.29) is 12.2 Å². The van der Waals surface area contributed by atoms with Gasteiger partial charge in [0.1, 0.15) is 5.60 Å². The van der Waals surface area contributed by atoms with Crippen LogP contribution in [0.5, 0.6) is 0 Å². The number of aryl methyl sites for hydroxylation is 2. The first-order valence-corrected chi connectivity index (χ1v) is 8.82. The van der Waals surface area contributed by atoms with Gasteiger partial charge in [-0.1, -0.05) is 0 Å². The average Bonchev–Trinajstić information content (AvgIpc) is 2.84. The minimum absolute atomic E-state index is 0.272. The lowest BCUT2D eigenvalue weighted by atomic mass is 9.96. The van der Waals surface area contributed by atoms with Gasteiger partial charge in [0.25, 0.3) is 0 Å². The van der Waals surface area contributed by atoms with E-state index >= 15 is 0 Å². The number of alkyl carbamates (subject to hydrolysis) is 1. The second-order valence-corrected chi connectivity index (χ2v) is 7.96. The van der Waals surface area contributed by atoms with Crippen LogP contribution in [0.3, 0.4) is 0 Å². The van der Waals surface area contributed by atoms with Crippen molar-refractivity contribution in [3.63, 3.8) is 0 Å². The lowest BCUT2D eigenvalue weighted by Crippen LogP contribution is -2.33. The summed E-state index contributed by atoms with van der Waals surface area (Å²) in [6.45, 7) is 6.25. The molecule has 1 aliphatic rings. The highest BCUT2D eigenvalue weighted by Gasteiger charge is 2.22. The van der Waals surface area contributed by atoms with Gasteiger partial charge in [-0.05, 0) is 64.5 Å². The van der Waals surface area contributed by atoms with Crippen molar-refractivity contribution >= 4 is 17.4 Å². The Balaban J connectivity index is 1.76. The fourth-order valence-electron chi connectivity index (χ4n) is 2.71. The third-order valence-electron chi connectivity index (χ3n) is 3.66. The molecule has 0 aliphatic heterocycles. The van der Waals surface area contributed by atoms with E-state index in [1.165, 1.54) is 28.2 Å². The Hall–Kier alpha value is -1.07. The van der Waals surface area contributed by atoms with Crippen molar-refractivity contribution in [1.29, 1.82) is 0 Å². The Kier molecular flexibility index (Phi) is 5.87. The maximum Gasteiger partial charge on any atom is 0.407 e. The molecule has 1 atom stereocenters. The SMILES string of the molecule is COC1CCCc2sc(CCCNC(=O)OC(C)(C)C)cc21. The Morgan fingerprint density at radius 1 is 1.45 bits per heavy atom. The zero-order valence-corrected chi connectivity index (χ0v) is 14.8. The molecule has 0 spiro atoms. The van der Waals surface area contributed by atoms with E-state index in [1.54, 1.807) is 7.11 Å². The van der Waals surface area contributed by atoms with Crippen LogP contribution in [0.2, 0.25) is 0 Å². The number of fused-ring (bicyclic) bond motifs is 1. The minimum atomic E-state index is -0.438. The van der Waals surface area contributed by atoms with Gasteiger partial charge in [0.2, 0.25) is 0 Å². The Bertz CT molecular complexity index is 504. The van der Waals surface area contributed by atoms with Crippen LogP contribution >= 0.6 is 11.3 Å². The molecule has 5 heteroatoms. The summed E-state index contributed by atoms with van der Waals surface area (Å²) >= 11 is 1.90. The zero-order chi connectivity index (χ0) is 16.2. The van der Waals surface area contributed by atoms with Gasteiger partial charge in [0.05, 0.1) is 6.10 Å². The molecule has 22 heavy (non-hydrogen) atoms. The Morgan fingerprint density at radius 3 is 2.91 bits per heavy atom. The van der Waals surface area contributed by atoms with E-state index in [2.05, 4.69) is 11.4 Å². The molecule has 4 nitrogen and oxygen atoms in total. The van der Waals surface area contributed by atoms with Crippen LogP contribution in [0.15, 0.2) is 6.07 Å². The number of carbonyl (C=O) groups excluding carboxylic acids is 1. The normalized spacial score (nSPS) is 17.9. The summed E-state index contributed by atoms with van der Waals surface area (Å²) in [7, 11) is 1.79. The number of nitrogens with one attached hydrogen (secondary N) is 1. The highest BCUT2D eigenvalue weighted by molar-refractivity contribution is 7.12. The zero-order valence-electron chi connectivity index (χ0n) is 14.0. The number of carbonyl (C=O) groups is 1. The minimum Gasteiger partial charge on any atom is -0.444 e. The summed E-state index contributed by atoms with van der Waals surface area (Å²) in [5.41, 5.74) is 0.945. The third-order valence-corrected chi connectivity index (χ3v) is 4.93. The quantitative estimate of drug-likeness (QED) is 0.824. The highest BCUT2D eigenvalue weighted by Crippen LogP contribution is 2.37. The van der Waals surface area contributed by atoms with Crippen LogP contribution in [0, 0.1) is 0 Å². The van der Waals surface area contributed by atoms with Crippen LogP contribution in [0.1, 0.15) is 61.5 Å². The van der Waals surface area contributed by atoms with Crippen molar-refractivity contribution < 1.29 is 14.3 Å². The first-order chi connectivity index (χ1) is 10.4.